The fourth-order valence-electron chi connectivity index (χ4n) is 2.97. The third kappa shape index (κ3) is 5.01. The molecule has 0 aliphatic heterocycles. The van der Waals surface area contributed by atoms with Gasteiger partial charge in [0.05, 0.1) is 0 Å². The van der Waals surface area contributed by atoms with Crippen LogP contribution in [0.2, 0.25) is 0 Å². The summed E-state index contributed by atoms with van der Waals surface area (Å²) in [5.74, 6) is 0. The molecular weight excluding hydrogens is 396 g/mol. The molecule has 0 heterocycles. The molecule has 0 saturated carbocycles. The number of hydrogen-bond acceptors (Lipinski definition) is 4. The van der Waals surface area contributed by atoms with Crippen molar-refractivity contribution in [1.29, 1.82) is 0 Å². The Kier molecular flexibility index (Phi) is 6.66. The van der Waals surface area contributed by atoms with Crippen LogP contribution in [0.1, 0.15) is 48.5 Å². The van der Waals surface area contributed by atoms with E-state index < -0.39 is 0 Å². The minimum absolute atomic E-state index is 0.0306. The van der Waals surface area contributed by atoms with E-state index in [1.54, 1.807) is 0 Å². The lowest BCUT2D eigenvalue weighted by Crippen LogP contribution is -2.00. The second-order valence-corrected chi connectivity index (χ2v) is 9.28. The van der Waals surface area contributed by atoms with Gasteiger partial charge in [0.15, 0.2) is 0 Å². The zero-order valence-corrected chi connectivity index (χ0v) is 19.0. The molecule has 0 amide bonds. The van der Waals surface area contributed by atoms with Gasteiger partial charge in [-0.1, -0.05) is 59.7 Å². The summed E-state index contributed by atoms with van der Waals surface area (Å²) < 4.78 is 0. The molecule has 0 atom stereocenters. The highest BCUT2D eigenvalue weighted by molar-refractivity contribution is 8.14. The van der Waals surface area contributed by atoms with Gasteiger partial charge in [0, 0.05) is 20.9 Å². The number of hydrogen-bond donors (Lipinski definition) is 0. The molecule has 0 radical (unpaired) electrons. The lowest BCUT2D eigenvalue weighted by atomic mass is 10.1. The van der Waals surface area contributed by atoms with E-state index in [4.69, 9.17) is 0 Å². The van der Waals surface area contributed by atoms with Crippen LogP contribution in [0.4, 0.5) is 0 Å². The average Bonchev–Trinajstić information content (AvgIpc) is 2.70. The number of benzene rings is 3. The lowest BCUT2D eigenvalue weighted by Gasteiger charge is -2.15. The normalized spacial score (nSPS) is 10.8. The minimum atomic E-state index is 0.0306. The van der Waals surface area contributed by atoms with Crippen molar-refractivity contribution in [3.63, 3.8) is 0 Å². The van der Waals surface area contributed by atoms with Crippen molar-refractivity contribution < 1.29 is 9.59 Å². The quantitative estimate of drug-likeness (QED) is 0.422. The van der Waals surface area contributed by atoms with E-state index in [1.165, 1.54) is 23.5 Å². The van der Waals surface area contributed by atoms with Crippen LogP contribution >= 0.6 is 23.5 Å². The van der Waals surface area contributed by atoms with Crippen LogP contribution in [-0.4, -0.2) is 10.2 Å². The van der Waals surface area contributed by atoms with Gasteiger partial charge < -0.3 is 0 Å². The molecule has 2 nitrogen and oxygen atoms in total. The first-order valence-electron chi connectivity index (χ1n) is 9.44. The van der Waals surface area contributed by atoms with Crippen molar-refractivity contribution in [1.82, 2.24) is 0 Å². The van der Waals surface area contributed by atoms with Crippen molar-refractivity contribution in [2.45, 2.75) is 44.4 Å². The van der Waals surface area contributed by atoms with Crippen LogP contribution < -0.4 is 0 Å². The summed E-state index contributed by atoms with van der Waals surface area (Å²) in [5, 5.41) is 0.0646. The molecule has 0 saturated heterocycles. The standard InChI is InChI=1S/C25H24O2S2/c1-15-6-10-20(11-7-15)24(26)28-22-14-17(3)23(19(5)18(22)4)29-25(27)21-12-8-16(2)9-13-21/h6-14H,1-5H3. The Labute approximate surface area is 181 Å². The number of thioether (sulfide) groups is 2. The SMILES string of the molecule is Cc1ccc(C(=O)Sc2cc(C)c(SC(=O)c3ccc(C)cc3)c(C)c2C)cc1. The second-order valence-electron chi connectivity index (χ2n) is 7.28. The highest BCUT2D eigenvalue weighted by atomic mass is 32.2. The zero-order chi connectivity index (χ0) is 21.1. The fourth-order valence-corrected chi connectivity index (χ4v) is 4.94. The van der Waals surface area contributed by atoms with E-state index in [0.29, 0.717) is 11.1 Å². The number of rotatable bonds is 4. The Hall–Kier alpha value is -2.30. The van der Waals surface area contributed by atoms with Crippen molar-refractivity contribution >= 4 is 33.8 Å². The third-order valence-electron chi connectivity index (χ3n) is 4.95. The lowest BCUT2D eigenvalue weighted by molar-refractivity contribution is 0.108. The van der Waals surface area contributed by atoms with Crippen molar-refractivity contribution in [3.8, 4) is 0 Å². The van der Waals surface area contributed by atoms with Gasteiger partial charge in [-0.25, -0.2) is 0 Å². The molecule has 0 aliphatic rings. The van der Waals surface area contributed by atoms with E-state index in [0.717, 1.165) is 37.6 Å². The molecular formula is C25H24O2S2. The first-order chi connectivity index (χ1) is 13.8. The largest absolute Gasteiger partial charge is 0.281 e. The van der Waals surface area contributed by atoms with Gasteiger partial charge in [-0.2, -0.15) is 0 Å². The smallest absolute Gasteiger partial charge is 0.224 e. The molecule has 0 fully saturated rings. The second kappa shape index (κ2) is 9.02. The Balaban J connectivity index is 1.84. The molecule has 3 rings (SSSR count). The predicted octanol–water partition coefficient (Wildman–Crippen LogP) is 7.09. The zero-order valence-electron chi connectivity index (χ0n) is 17.3. The summed E-state index contributed by atoms with van der Waals surface area (Å²) in [6, 6.07) is 17.3. The molecule has 29 heavy (non-hydrogen) atoms. The summed E-state index contributed by atoms with van der Waals surface area (Å²) in [6.07, 6.45) is 0. The molecule has 0 aromatic heterocycles. The topological polar surface area (TPSA) is 34.1 Å². The molecule has 0 bridgehead atoms. The summed E-state index contributed by atoms with van der Waals surface area (Å²) in [6.45, 7) is 10.0. The summed E-state index contributed by atoms with van der Waals surface area (Å²) >= 11 is 2.51. The summed E-state index contributed by atoms with van der Waals surface area (Å²) in [4.78, 5) is 27.3. The Bertz CT molecular complexity index is 1070. The third-order valence-corrected chi connectivity index (χ3v) is 7.27. The van der Waals surface area contributed by atoms with Crippen molar-refractivity contribution in [2.75, 3.05) is 0 Å². The molecule has 0 N–H and O–H groups in total. The first kappa shape index (κ1) is 21.4. The first-order valence-corrected chi connectivity index (χ1v) is 11.1. The van der Waals surface area contributed by atoms with E-state index >= 15 is 0 Å². The average molecular weight is 421 g/mol. The summed E-state index contributed by atoms with van der Waals surface area (Å²) in [5.41, 5.74) is 6.77. The van der Waals surface area contributed by atoms with Gasteiger partial charge in [-0.15, -0.1) is 0 Å². The van der Waals surface area contributed by atoms with Crippen LogP contribution in [0.25, 0.3) is 0 Å². The Morgan fingerprint density at radius 3 is 1.55 bits per heavy atom. The van der Waals surface area contributed by atoms with Crippen molar-refractivity contribution in [3.05, 3.63) is 93.5 Å². The highest BCUT2D eigenvalue weighted by Gasteiger charge is 2.18. The van der Waals surface area contributed by atoms with Gasteiger partial charge in [0.1, 0.15) is 0 Å². The van der Waals surface area contributed by atoms with E-state index in [2.05, 4.69) is 0 Å². The molecule has 3 aromatic carbocycles. The van der Waals surface area contributed by atoms with Crippen LogP contribution in [0.3, 0.4) is 0 Å². The van der Waals surface area contributed by atoms with Gasteiger partial charge in [-0.05, 0) is 80.9 Å². The Morgan fingerprint density at radius 2 is 1.07 bits per heavy atom. The maximum Gasteiger partial charge on any atom is 0.224 e. The minimum Gasteiger partial charge on any atom is -0.281 e. The van der Waals surface area contributed by atoms with Gasteiger partial charge in [-0.3, -0.25) is 9.59 Å². The number of carbonyl (C=O) groups excluding carboxylic acids is 2. The maximum absolute atomic E-state index is 12.7. The molecule has 0 unspecified atom stereocenters. The van der Waals surface area contributed by atoms with Gasteiger partial charge >= 0.3 is 0 Å². The monoisotopic (exact) mass is 420 g/mol. The van der Waals surface area contributed by atoms with E-state index in [-0.39, 0.29) is 10.2 Å². The van der Waals surface area contributed by atoms with Crippen LogP contribution in [0, 0.1) is 34.6 Å². The molecule has 0 aliphatic carbocycles. The number of carbonyl (C=O) groups is 2. The van der Waals surface area contributed by atoms with Gasteiger partial charge in [0.25, 0.3) is 0 Å². The molecule has 4 heteroatoms. The van der Waals surface area contributed by atoms with Gasteiger partial charge in [0.2, 0.25) is 10.2 Å². The Morgan fingerprint density at radius 1 is 0.621 bits per heavy atom. The molecule has 0 spiro atoms. The maximum atomic E-state index is 12.7. The number of aryl methyl sites for hydroxylation is 3. The fraction of sp³-hybridized carbons (Fsp3) is 0.200. The van der Waals surface area contributed by atoms with Crippen LogP contribution in [-0.2, 0) is 0 Å². The van der Waals surface area contributed by atoms with E-state index in [1.807, 2.05) is 89.2 Å². The van der Waals surface area contributed by atoms with Crippen LogP contribution in [0.5, 0.6) is 0 Å². The predicted molar refractivity (Wildman–Crippen MR) is 123 cm³/mol. The van der Waals surface area contributed by atoms with Crippen LogP contribution in [0.15, 0.2) is 64.4 Å². The highest BCUT2D eigenvalue weighted by Crippen LogP contribution is 2.37. The molecule has 148 valence electrons. The summed E-state index contributed by atoms with van der Waals surface area (Å²) in [7, 11) is 0. The molecule has 3 aromatic rings. The van der Waals surface area contributed by atoms with Crippen molar-refractivity contribution in [2.24, 2.45) is 0 Å². The van der Waals surface area contributed by atoms with E-state index in [9.17, 15) is 9.59 Å².